The first-order valence-corrected chi connectivity index (χ1v) is 13.6. The maximum atomic E-state index is 15.2. The quantitative estimate of drug-likeness (QED) is 0.124. The van der Waals surface area contributed by atoms with Crippen LogP contribution in [0.15, 0.2) is 66.7 Å². The van der Waals surface area contributed by atoms with E-state index in [1.807, 2.05) is 12.1 Å². The van der Waals surface area contributed by atoms with Crippen LogP contribution in [0.25, 0.3) is 10.8 Å². The van der Waals surface area contributed by atoms with Gasteiger partial charge in [-0.2, -0.15) is 13.2 Å². The minimum Gasteiger partial charge on any atom is -0.493 e. The number of benzene rings is 4. The molecule has 0 spiro atoms. The molecule has 40 heavy (non-hydrogen) atoms. The van der Waals surface area contributed by atoms with E-state index < -0.39 is 23.4 Å². The van der Waals surface area contributed by atoms with E-state index in [1.165, 1.54) is 12.1 Å². The van der Waals surface area contributed by atoms with Crippen molar-refractivity contribution in [3.63, 3.8) is 0 Å². The number of fused-ring (bicyclic) bond motifs is 1. The molecule has 0 aromatic heterocycles. The van der Waals surface area contributed by atoms with Crippen LogP contribution >= 0.6 is 0 Å². The molecule has 0 heterocycles. The second-order valence-electron chi connectivity index (χ2n) is 10.1. The summed E-state index contributed by atoms with van der Waals surface area (Å²) >= 11 is 0. The lowest BCUT2D eigenvalue weighted by molar-refractivity contribution is -0.140. The van der Waals surface area contributed by atoms with Crippen molar-refractivity contribution in [1.29, 1.82) is 0 Å². The molecule has 0 atom stereocenters. The minimum absolute atomic E-state index is 0.198. The van der Waals surface area contributed by atoms with Gasteiger partial charge in [0.1, 0.15) is 23.2 Å². The standard InChI is InChI=1S/C33H32F6O/c1-2-3-4-5-18-40-27-15-14-24(30(34)21-27)10-6-22-8-16-28-26(19-22)13-12-25(32(28)36)11-7-23-9-17-29(31(35)20-23)33(37,38)39/h8-9,12-17,19-21H,2-7,10-11,18H2,1H3. The van der Waals surface area contributed by atoms with Crippen molar-refractivity contribution in [3.8, 4) is 5.75 Å². The summed E-state index contributed by atoms with van der Waals surface area (Å²) in [6.07, 6.45) is 1.06. The first kappa shape index (κ1) is 29.5. The Hall–Kier alpha value is -3.48. The topological polar surface area (TPSA) is 9.23 Å². The third kappa shape index (κ3) is 7.58. The maximum absolute atomic E-state index is 15.2. The Bertz CT molecular complexity index is 1440. The highest BCUT2D eigenvalue weighted by Crippen LogP contribution is 2.32. The third-order valence-electron chi connectivity index (χ3n) is 7.09. The largest absolute Gasteiger partial charge is 0.493 e. The van der Waals surface area contributed by atoms with Gasteiger partial charge in [0.15, 0.2) is 0 Å². The summed E-state index contributed by atoms with van der Waals surface area (Å²) in [6, 6.07) is 16.5. The van der Waals surface area contributed by atoms with Crippen molar-refractivity contribution in [1.82, 2.24) is 0 Å². The molecule has 7 heteroatoms. The molecule has 0 aliphatic rings. The zero-order chi connectivity index (χ0) is 28.7. The van der Waals surface area contributed by atoms with Gasteiger partial charge in [0, 0.05) is 11.5 Å². The average molecular weight is 559 g/mol. The van der Waals surface area contributed by atoms with Crippen LogP contribution < -0.4 is 4.74 Å². The van der Waals surface area contributed by atoms with Crippen LogP contribution in [0.1, 0.15) is 60.4 Å². The van der Waals surface area contributed by atoms with Crippen molar-refractivity contribution in [2.75, 3.05) is 6.61 Å². The van der Waals surface area contributed by atoms with Gasteiger partial charge < -0.3 is 4.74 Å². The summed E-state index contributed by atoms with van der Waals surface area (Å²) in [7, 11) is 0. The number of rotatable bonds is 12. The Morgan fingerprint density at radius 1 is 0.650 bits per heavy atom. The number of halogens is 6. The van der Waals surface area contributed by atoms with Gasteiger partial charge >= 0.3 is 6.18 Å². The van der Waals surface area contributed by atoms with E-state index in [1.54, 1.807) is 30.3 Å². The summed E-state index contributed by atoms with van der Waals surface area (Å²) < 4.78 is 87.7. The summed E-state index contributed by atoms with van der Waals surface area (Å²) in [5.41, 5.74) is 0.968. The van der Waals surface area contributed by atoms with Crippen molar-refractivity contribution in [2.24, 2.45) is 0 Å². The molecule has 0 amide bonds. The van der Waals surface area contributed by atoms with Gasteiger partial charge in [-0.15, -0.1) is 0 Å². The van der Waals surface area contributed by atoms with Gasteiger partial charge in [0.25, 0.3) is 0 Å². The summed E-state index contributed by atoms with van der Waals surface area (Å²) in [6.45, 7) is 2.71. The summed E-state index contributed by atoms with van der Waals surface area (Å²) in [4.78, 5) is 0. The lowest BCUT2D eigenvalue weighted by Crippen LogP contribution is -2.08. The lowest BCUT2D eigenvalue weighted by atomic mass is 9.97. The van der Waals surface area contributed by atoms with Crippen LogP contribution in [-0.2, 0) is 31.9 Å². The molecule has 0 radical (unpaired) electrons. The van der Waals surface area contributed by atoms with Gasteiger partial charge in [0.2, 0.25) is 0 Å². The highest BCUT2D eigenvalue weighted by atomic mass is 19.4. The summed E-state index contributed by atoms with van der Waals surface area (Å²) in [5.74, 6) is -1.53. The van der Waals surface area contributed by atoms with Crippen LogP contribution in [0.2, 0.25) is 0 Å². The zero-order valence-corrected chi connectivity index (χ0v) is 22.4. The maximum Gasteiger partial charge on any atom is 0.419 e. The molecule has 0 saturated heterocycles. The van der Waals surface area contributed by atoms with Crippen LogP contribution in [-0.4, -0.2) is 6.61 Å². The van der Waals surface area contributed by atoms with E-state index in [0.29, 0.717) is 58.7 Å². The smallest absolute Gasteiger partial charge is 0.419 e. The van der Waals surface area contributed by atoms with Gasteiger partial charge in [-0.1, -0.05) is 68.7 Å². The van der Waals surface area contributed by atoms with Gasteiger partial charge in [-0.05, 0) is 77.9 Å². The fourth-order valence-electron chi connectivity index (χ4n) is 4.78. The van der Waals surface area contributed by atoms with Gasteiger partial charge in [0.05, 0.1) is 12.2 Å². The molecule has 0 fully saturated rings. The molecule has 0 unspecified atom stereocenters. The molecular formula is C33H32F6O. The molecule has 0 N–H and O–H groups in total. The fraction of sp³-hybridized carbons (Fsp3) is 0.333. The molecule has 0 saturated carbocycles. The highest BCUT2D eigenvalue weighted by molar-refractivity contribution is 5.84. The number of aryl methyl sites for hydroxylation is 4. The van der Waals surface area contributed by atoms with Crippen LogP contribution in [0.5, 0.6) is 5.75 Å². The van der Waals surface area contributed by atoms with Crippen LogP contribution in [0, 0.1) is 17.5 Å². The average Bonchev–Trinajstić information content (AvgIpc) is 2.91. The minimum atomic E-state index is -4.76. The van der Waals surface area contributed by atoms with E-state index in [4.69, 9.17) is 4.74 Å². The van der Waals surface area contributed by atoms with Crippen molar-refractivity contribution in [2.45, 2.75) is 64.5 Å². The Morgan fingerprint density at radius 2 is 1.35 bits per heavy atom. The Morgan fingerprint density at radius 3 is 2.05 bits per heavy atom. The number of ether oxygens (including phenoxy) is 1. The third-order valence-corrected chi connectivity index (χ3v) is 7.09. The lowest BCUT2D eigenvalue weighted by Gasteiger charge is -2.11. The predicted octanol–water partition coefficient (Wildman–Crippen LogP) is 9.81. The molecular weight excluding hydrogens is 526 g/mol. The predicted molar refractivity (Wildman–Crippen MR) is 146 cm³/mol. The number of hydrogen-bond acceptors (Lipinski definition) is 1. The second kappa shape index (κ2) is 13.2. The zero-order valence-electron chi connectivity index (χ0n) is 22.4. The second-order valence-corrected chi connectivity index (χ2v) is 10.1. The molecule has 0 aliphatic carbocycles. The van der Waals surface area contributed by atoms with E-state index in [9.17, 15) is 22.0 Å². The molecule has 4 aromatic rings. The number of hydrogen-bond donors (Lipinski definition) is 0. The number of unbranched alkanes of at least 4 members (excludes halogenated alkanes) is 3. The molecule has 4 rings (SSSR count). The van der Waals surface area contributed by atoms with Crippen molar-refractivity contribution in [3.05, 3.63) is 112 Å². The summed E-state index contributed by atoms with van der Waals surface area (Å²) in [5, 5.41) is 1.12. The van der Waals surface area contributed by atoms with E-state index in [2.05, 4.69) is 6.92 Å². The molecule has 0 bridgehead atoms. The van der Waals surface area contributed by atoms with Crippen molar-refractivity contribution < 1.29 is 31.1 Å². The fourth-order valence-corrected chi connectivity index (χ4v) is 4.78. The van der Waals surface area contributed by atoms with Gasteiger partial charge in [-0.3, -0.25) is 0 Å². The van der Waals surface area contributed by atoms with E-state index >= 15 is 4.39 Å². The molecule has 4 aromatic carbocycles. The van der Waals surface area contributed by atoms with Gasteiger partial charge in [-0.25, -0.2) is 13.2 Å². The Kier molecular flexibility index (Phi) is 9.77. The highest BCUT2D eigenvalue weighted by Gasteiger charge is 2.33. The Labute approximate surface area is 230 Å². The van der Waals surface area contributed by atoms with E-state index in [-0.39, 0.29) is 18.7 Å². The van der Waals surface area contributed by atoms with Crippen LogP contribution in [0.3, 0.4) is 0 Å². The first-order chi connectivity index (χ1) is 19.2. The monoisotopic (exact) mass is 558 g/mol. The van der Waals surface area contributed by atoms with Crippen molar-refractivity contribution >= 4 is 10.8 Å². The SMILES string of the molecule is CCCCCCOc1ccc(CCc2ccc3c(F)c(CCc4ccc(C(F)(F)F)c(F)c4)ccc3c2)c(F)c1. The molecule has 212 valence electrons. The molecule has 0 aliphatic heterocycles. The Balaban J connectivity index is 1.36. The van der Waals surface area contributed by atoms with Crippen LogP contribution in [0.4, 0.5) is 26.3 Å². The number of alkyl halides is 3. The molecule has 1 nitrogen and oxygen atoms in total. The van der Waals surface area contributed by atoms with E-state index in [0.717, 1.165) is 37.3 Å². The normalized spacial score (nSPS) is 11.8. The first-order valence-electron chi connectivity index (χ1n) is 13.6.